The van der Waals surface area contributed by atoms with E-state index >= 15 is 0 Å². The van der Waals surface area contributed by atoms with E-state index in [0.717, 1.165) is 5.56 Å². The first-order valence-electron chi connectivity index (χ1n) is 4.56. The van der Waals surface area contributed by atoms with E-state index in [1.165, 1.54) is 6.07 Å². The van der Waals surface area contributed by atoms with Crippen LogP contribution in [0.25, 0.3) is 10.9 Å². The van der Waals surface area contributed by atoms with E-state index in [4.69, 9.17) is 0 Å². The molecule has 2 rings (SSSR count). The predicted molar refractivity (Wildman–Crippen MR) is 52.3 cm³/mol. The molecule has 14 heavy (non-hydrogen) atoms. The molecule has 0 aliphatic heterocycles. The Morgan fingerprint density at radius 1 is 1.29 bits per heavy atom. The van der Waals surface area contributed by atoms with E-state index in [9.17, 15) is 8.78 Å². The summed E-state index contributed by atoms with van der Waals surface area (Å²) in [6, 6.07) is 2.82. The minimum atomic E-state index is -0.777. The van der Waals surface area contributed by atoms with Crippen molar-refractivity contribution in [1.82, 2.24) is 4.98 Å². The van der Waals surface area contributed by atoms with Gasteiger partial charge in [0.15, 0.2) is 11.6 Å². The Bertz CT molecular complexity index is 471. The summed E-state index contributed by atoms with van der Waals surface area (Å²) in [5, 5.41) is 0.328. The first kappa shape index (κ1) is 9.19. The standard InChI is InChI=1S/C11H11F2N/c1-6(2)8-5-9(12)10(13)7-3-4-14-11(7)8/h3-6,14H,1-2H3. The summed E-state index contributed by atoms with van der Waals surface area (Å²) in [5.74, 6) is -1.38. The molecule has 1 aromatic heterocycles. The maximum Gasteiger partial charge on any atom is 0.168 e. The first-order chi connectivity index (χ1) is 6.61. The van der Waals surface area contributed by atoms with Gasteiger partial charge >= 0.3 is 0 Å². The van der Waals surface area contributed by atoms with Crippen LogP contribution >= 0.6 is 0 Å². The Morgan fingerprint density at radius 2 is 2.00 bits per heavy atom. The third-order valence-corrected chi connectivity index (χ3v) is 2.39. The van der Waals surface area contributed by atoms with E-state index in [0.29, 0.717) is 10.9 Å². The Hall–Kier alpha value is -1.38. The maximum atomic E-state index is 13.3. The average Bonchev–Trinajstić information content (AvgIpc) is 2.59. The van der Waals surface area contributed by atoms with Gasteiger partial charge in [0.25, 0.3) is 0 Å². The summed E-state index contributed by atoms with van der Waals surface area (Å²) in [6.07, 6.45) is 1.62. The minimum absolute atomic E-state index is 0.172. The molecule has 0 aliphatic rings. The lowest BCUT2D eigenvalue weighted by Crippen LogP contribution is -1.94. The quantitative estimate of drug-likeness (QED) is 0.716. The van der Waals surface area contributed by atoms with Crippen LogP contribution in [0.4, 0.5) is 8.78 Å². The molecule has 0 aliphatic carbocycles. The van der Waals surface area contributed by atoms with E-state index < -0.39 is 11.6 Å². The lowest BCUT2D eigenvalue weighted by atomic mass is 10.0. The molecular formula is C11H11F2N. The van der Waals surface area contributed by atoms with Crippen molar-refractivity contribution in [2.75, 3.05) is 0 Å². The Labute approximate surface area is 80.7 Å². The fourth-order valence-electron chi connectivity index (χ4n) is 1.65. The molecule has 0 saturated heterocycles. The highest BCUT2D eigenvalue weighted by Crippen LogP contribution is 2.28. The van der Waals surface area contributed by atoms with Gasteiger partial charge in [0.05, 0.1) is 5.52 Å². The van der Waals surface area contributed by atoms with E-state index in [2.05, 4.69) is 4.98 Å². The Balaban J connectivity index is 2.84. The van der Waals surface area contributed by atoms with Crippen LogP contribution in [0.1, 0.15) is 25.3 Å². The molecule has 0 spiro atoms. The molecule has 1 heterocycles. The maximum absolute atomic E-state index is 13.3. The zero-order valence-electron chi connectivity index (χ0n) is 8.07. The summed E-state index contributed by atoms with van der Waals surface area (Å²) in [6.45, 7) is 3.90. The third-order valence-electron chi connectivity index (χ3n) is 2.39. The number of fused-ring (bicyclic) bond motifs is 1. The van der Waals surface area contributed by atoms with Crippen molar-refractivity contribution in [3.05, 3.63) is 35.5 Å². The number of rotatable bonds is 1. The first-order valence-corrected chi connectivity index (χ1v) is 4.56. The number of nitrogens with one attached hydrogen (secondary N) is 1. The predicted octanol–water partition coefficient (Wildman–Crippen LogP) is 3.57. The Kier molecular flexibility index (Phi) is 2.02. The van der Waals surface area contributed by atoms with Crippen LogP contribution < -0.4 is 0 Å². The number of aromatic nitrogens is 1. The molecule has 0 saturated carbocycles. The van der Waals surface area contributed by atoms with Gasteiger partial charge in [0.1, 0.15) is 0 Å². The summed E-state index contributed by atoms with van der Waals surface area (Å²) in [5.41, 5.74) is 1.50. The van der Waals surface area contributed by atoms with Gasteiger partial charge in [-0.2, -0.15) is 0 Å². The van der Waals surface area contributed by atoms with Gasteiger partial charge in [-0.15, -0.1) is 0 Å². The smallest absolute Gasteiger partial charge is 0.168 e. The highest BCUT2D eigenvalue weighted by Gasteiger charge is 2.14. The average molecular weight is 195 g/mol. The SMILES string of the molecule is CC(C)c1cc(F)c(F)c2cc[nH]c12. The van der Waals surface area contributed by atoms with Crippen LogP contribution in [0.2, 0.25) is 0 Å². The fraction of sp³-hybridized carbons (Fsp3) is 0.273. The summed E-state index contributed by atoms with van der Waals surface area (Å²) in [4.78, 5) is 2.93. The summed E-state index contributed by atoms with van der Waals surface area (Å²) < 4.78 is 26.4. The van der Waals surface area contributed by atoms with Gasteiger partial charge in [-0.25, -0.2) is 8.78 Å². The molecule has 0 atom stereocenters. The van der Waals surface area contributed by atoms with Crippen molar-refractivity contribution >= 4 is 10.9 Å². The van der Waals surface area contributed by atoms with Crippen LogP contribution in [0, 0.1) is 11.6 Å². The minimum Gasteiger partial charge on any atom is -0.361 e. The number of halogens is 2. The molecule has 0 fully saturated rings. The molecule has 2 aromatic rings. The fourth-order valence-corrected chi connectivity index (χ4v) is 1.65. The highest BCUT2D eigenvalue weighted by molar-refractivity contribution is 5.83. The summed E-state index contributed by atoms with van der Waals surface area (Å²) in [7, 11) is 0. The second-order valence-electron chi connectivity index (χ2n) is 3.68. The highest BCUT2D eigenvalue weighted by atomic mass is 19.2. The van der Waals surface area contributed by atoms with Crippen molar-refractivity contribution in [2.45, 2.75) is 19.8 Å². The molecule has 0 unspecified atom stereocenters. The van der Waals surface area contributed by atoms with Gasteiger partial charge in [-0.1, -0.05) is 13.8 Å². The van der Waals surface area contributed by atoms with Crippen LogP contribution in [0.15, 0.2) is 18.3 Å². The molecule has 0 amide bonds. The van der Waals surface area contributed by atoms with Crippen molar-refractivity contribution < 1.29 is 8.78 Å². The van der Waals surface area contributed by atoms with Crippen LogP contribution in [-0.2, 0) is 0 Å². The zero-order chi connectivity index (χ0) is 10.3. The second-order valence-corrected chi connectivity index (χ2v) is 3.68. The van der Waals surface area contributed by atoms with Crippen LogP contribution in [0.5, 0.6) is 0 Å². The van der Waals surface area contributed by atoms with Crippen LogP contribution in [0.3, 0.4) is 0 Å². The van der Waals surface area contributed by atoms with Crippen molar-refractivity contribution in [1.29, 1.82) is 0 Å². The molecular weight excluding hydrogens is 184 g/mol. The van der Waals surface area contributed by atoms with Crippen molar-refractivity contribution in [2.24, 2.45) is 0 Å². The molecule has 0 bridgehead atoms. The molecule has 1 nitrogen and oxygen atoms in total. The molecule has 74 valence electrons. The number of benzene rings is 1. The van der Waals surface area contributed by atoms with Gasteiger partial charge in [0, 0.05) is 11.6 Å². The van der Waals surface area contributed by atoms with Crippen molar-refractivity contribution in [3.63, 3.8) is 0 Å². The number of hydrogen-bond acceptors (Lipinski definition) is 0. The Morgan fingerprint density at radius 3 is 2.64 bits per heavy atom. The normalized spacial score (nSPS) is 11.5. The zero-order valence-corrected chi connectivity index (χ0v) is 8.07. The third kappa shape index (κ3) is 1.20. The lowest BCUT2D eigenvalue weighted by molar-refractivity contribution is 0.515. The van der Waals surface area contributed by atoms with E-state index in [1.807, 2.05) is 13.8 Å². The van der Waals surface area contributed by atoms with Crippen LogP contribution in [-0.4, -0.2) is 4.98 Å². The molecule has 3 heteroatoms. The lowest BCUT2D eigenvalue weighted by Gasteiger charge is -2.08. The largest absolute Gasteiger partial charge is 0.361 e. The van der Waals surface area contributed by atoms with Crippen molar-refractivity contribution in [3.8, 4) is 0 Å². The van der Waals surface area contributed by atoms with Gasteiger partial charge in [-0.3, -0.25) is 0 Å². The summed E-state index contributed by atoms with van der Waals surface area (Å²) >= 11 is 0. The molecule has 1 N–H and O–H groups in total. The van der Waals surface area contributed by atoms with Gasteiger partial charge in [0.2, 0.25) is 0 Å². The van der Waals surface area contributed by atoms with Gasteiger partial charge < -0.3 is 4.98 Å². The molecule has 1 aromatic carbocycles. The number of hydrogen-bond donors (Lipinski definition) is 1. The number of H-pyrrole nitrogens is 1. The second kappa shape index (κ2) is 3.08. The monoisotopic (exact) mass is 195 g/mol. The number of aromatic amines is 1. The van der Waals surface area contributed by atoms with E-state index in [-0.39, 0.29) is 5.92 Å². The topological polar surface area (TPSA) is 15.8 Å². The molecule has 0 radical (unpaired) electrons. The van der Waals surface area contributed by atoms with Gasteiger partial charge in [-0.05, 0) is 23.6 Å². The van der Waals surface area contributed by atoms with E-state index in [1.54, 1.807) is 12.3 Å².